The molecule has 0 radical (unpaired) electrons. The molecule has 1 aliphatic heterocycles. The van der Waals surface area contributed by atoms with Crippen molar-refractivity contribution in [1.82, 2.24) is 30.3 Å². The Hall–Kier alpha value is -1.48. The van der Waals surface area contributed by atoms with Crippen molar-refractivity contribution in [2.45, 2.75) is 62.6 Å². The van der Waals surface area contributed by atoms with Crippen LogP contribution in [-0.4, -0.2) is 43.1 Å². The van der Waals surface area contributed by atoms with Gasteiger partial charge in [0.2, 0.25) is 11.0 Å². The zero-order valence-electron chi connectivity index (χ0n) is 12.8. The Labute approximate surface area is 133 Å². The fourth-order valence-electron chi connectivity index (χ4n) is 2.34. The molecule has 2 aromatic heterocycles. The molecule has 3 rings (SSSR count). The Morgan fingerprint density at radius 2 is 2.36 bits per heavy atom. The Morgan fingerprint density at radius 3 is 3.14 bits per heavy atom. The molecule has 0 amide bonds. The van der Waals surface area contributed by atoms with Crippen molar-refractivity contribution in [2.24, 2.45) is 0 Å². The number of hydrogen-bond acceptors (Lipinski definition) is 8. The summed E-state index contributed by atoms with van der Waals surface area (Å²) < 4.78 is 12.7. The third-order valence-electron chi connectivity index (χ3n) is 3.49. The topological polar surface area (TPSA) is 91.8 Å². The van der Waals surface area contributed by atoms with Crippen LogP contribution in [0.3, 0.4) is 0 Å². The van der Waals surface area contributed by atoms with Gasteiger partial charge in [0.25, 0.3) is 0 Å². The quantitative estimate of drug-likeness (QED) is 0.714. The van der Waals surface area contributed by atoms with Crippen molar-refractivity contribution in [3.05, 3.63) is 11.7 Å². The van der Waals surface area contributed by atoms with Crippen LogP contribution in [-0.2, 0) is 17.7 Å². The summed E-state index contributed by atoms with van der Waals surface area (Å²) in [4.78, 5) is 4.41. The van der Waals surface area contributed by atoms with Crippen LogP contribution in [0.5, 0.6) is 0 Å². The van der Waals surface area contributed by atoms with Gasteiger partial charge >= 0.3 is 0 Å². The molecule has 1 aliphatic rings. The van der Waals surface area contributed by atoms with E-state index >= 15 is 0 Å². The summed E-state index contributed by atoms with van der Waals surface area (Å²) in [6.07, 6.45) is 4.20. The zero-order chi connectivity index (χ0) is 15.4. The lowest BCUT2D eigenvalue weighted by Crippen LogP contribution is -2.17. The van der Waals surface area contributed by atoms with Crippen molar-refractivity contribution in [3.8, 4) is 0 Å². The zero-order valence-corrected chi connectivity index (χ0v) is 13.6. The summed E-state index contributed by atoms with van der Waals surface area (Å²) in [5, 5.41) is 16.6. The van der Waals surface area contributed by atoms with E-state index in [1.165, 1.54) is 11.8 Å². The number of aromatic nitrogens is 6. The second kappa shape index (κ2) is 7.19. The van der Waals surface area contributed by atoms with Crippen molar-refractivity contribution < 1.29 is 9.26 Å². The minimum absolute atomic E-state index is 0.00681. The number of nitrogens with zero attached hydrogens (tertiary/aromatic N) is 6. The van der Waals surface area contributed by atoms with Crippen LogP contribution in [0.1, 0.15) is 50.1 Å². The lowest BCUT2D eigenvalue weighted by atomic mass is 10.2. The maximum absolute atomic E-state index is 5.63. The molecule has 3 heterocycles. The van der Waals surface area contributed by atoms with Crippen LogP contribution in [0, 0.1) is 0 Å². The highest BCUT2D eigenvalue weighted by Crippen LogP contribution is 2.32. The van der Waals surface area contributed by atoms with Crippen LogP contribution in [0.2, 0.25) is 0 Å². The molecule has 0 unspecified atom stereocenters. The molecule has 0 spiro atoms. The Morgan fingerprint density at radius 1 is 1.45 bits per heavy atom. The Kier molecular flexibility index (Phi) is 5.04. The second-order valence-corrected chi connectivity index (χ2v) is 6.65. The molecule has 9 heteroatoms. The van der Waals surface area contributed by atoms with Gasteiger partial charge in [0.05, 0.1) is 17.9 Å². The normalized spacial score (nSPS) is 19.6. The molecular weight excluding hydrogens is 304 g/mol. The van der Waals surface area contributed by atoms with E-state index in [1.54, 1.807) is 4.68 Å². The minimum atomic E-state index is 0.00681. The van der Waals surface area contributed by atoms with Gasteiger partial charge in [-0.2, -0.15) is 4.98 Å². The molecule has 1 saturated heterocycles. The van der Waals surface area contributed by atoms with Crippen LogP contribution < -0.4 is 0 Å². The van der Waals surface area contributed by atoms with E-state index in [9.17, 15) is 0 Å². The first-order valence-electron chi connectivity index (χ1n) is 7.63. The summed E-state index contributed by atoms with van der Waals surface area (Å²) in [7, 11) is 0. The highest BCUT2D eigenvalue weighted by atomic mass is 32.2. The average molecular weight is 324 g/mol. The number of rotatable bonds is 7. The molecule has 0 saturated carbocycles. The number of tetrazole rings is 1. The molecule has 120 valence electrons. The third-order valence-corrected chi connectivity index (χ3v) is 4.55. The second-order valence-electron chi connectivity index (χ2n) is 5.34. The van der Waals surface area contributed by atoms with Gasteiger partial charge in [0, 0.05) is 13.0 Å². The standard InChI is InChI=1S/C13H20N6O2S/c1-3-5-11-14-12(21-16-11)9(2)22-13-15-17-18-19(13)8-10-6-4-7-20-10/h9-10H,3-8H2,1-2H3/t9-,10-/m0/s1. The van der Waals surface area contributed by atoms with Crippen molar-refractivity contribution in [2.75, 3.05) is 6.61 Å². The van der Waals surface area contributed by atoms with E-state index in [1.807, 2.05) is 6.92 Å². The molecule has 8 nitrogen and oxygen atoms in total. The van der Waals surface area contributed by atoms with Gasteiger partial charge in [-0.1, -0.05) is 23.8 Å². The first kappa shape index (κ1) is 15.4. The van der Waals surface area contributed by atoms with Crippen LogP contribution in [0.25, 0.3) is 0 Å². The van der Waals surface area contributed by atoms with Crippen LogP contribution >= 0.6 is 11.8 Å². The lowest BCUT2D eigenvalue weighted by Gasteiger charge is -2.11. The molecule has 2 aromatic rings. The first-order valence-corrected chi connectivity index (χ1v) is 8.51. The molecule has 0 aliphatic carbocycles. The SMILES string of the molecule is CCCc1noc([C@H](C)Sc2nnnn2C[C@@H]2CCCO2)n1. The predicted molar refractivity (Wildman–Crippen MR) is 79.4 cm³/mol. The summed E-state index contributed by atoms with van der Waals surface area (Å²) in [6.45, 7) is 5.62. The molecule has 0 bridgehead atoms. The van der Waals surface area contributed by atoms with Gasteiger partial charge in [-0.05, 0) is 36.6 Å². The molecule has 0 aromatic carbocycles. The van der Waals surface area contributed by atoms with E-state index in [2.05, 4.69) is 32.6 Å². The number of thioether (sulfide) groups is 1. The van der Waals surface area contributed by atoms with E-state index < -0.39 is 0 Å². The first-order chi connectivity index (χ1) is 10.8. The average Bonchev–Trinajstić information content (AvgIpc) is 3.23. The highest BCUT2D eigenvalue weighted by molar-refractivity contribution is 7.99. The molecule has 1 fully saturated rings. The molecular formula is C13H20N6O2S. The van der Waals surface area contributed by atoms with E-state index in [0.29, 0.717) is 12.4 Å². The Balaban J connectivity index is 1.63. The van der Waals surface area contributed by atoms with Gasteiger partial charge in [-0.25, -0.2) is 4.68 Å². The highest BCUT2D eigenvalue weighted by Gasteiger charge is 2.22. The van der Waals surface area contributed by atoms with Gasteiger partial charge in [-0.15, -0.1) is 5.10 Å². The maximum atomic E-state index is 5.63. The van der Waals surface area contributed by atoms with Crippen molar-refractivity contribution in [3.63, 3.8) is 0 Å². The van der Waals surface area contributed by atoms with E-state index in [4.69, 9.17) is 9.26 Å². The van der Waals surface area contributed by atoms with Gasteiger partial charge < -0.3 is 9.26 Å². The Bertz CT molecular complexity index is 595. The number of aryl methyl sites for hydroxylation is 1. The van der Waals surface area contributed by atoms with Crippen molar-refractivity contribution >= 4 is 11.8 Å². The monoisotopic (exact) mass is 324 g/mol. The summed E-state index contributed by atoms with van der Waals surface area (Å²) in [6, 6.07) is 0. The molecule has 2 atom stereocenters. The summed E-state index contributed by atoms with van der Waals surface area (Å²) in [5.74, 6) is 1.36. The van der Waals surface area contributed by atoms with E-state index in [0.717, 1.165) is 43.3 Å². The smallest absolute Gasteiger partial charge is 0.239 e. The lowest BCUT2D eigenvalue weighted by molar-refractivity contribution is 0.0911. The van der Waals surface area contributed by atoms with Gasteiger partial charge in [-0.3, -0.25) is 0 Å². The fourth-order valence-corrected chi connectivity index (χ4v) is 3.17. The number of ether oxygens (including phenoxy) is 1. The third kappa shape index (κ3) is 3.64. The molecule has 22 heavy (non-hydrogen) atoms. The van der Waals surface area contributed by atoms with Gasteiger partial charge in [0.15, 0.2) is 5.82 Å². The largest absolute Gasteiger partial charge is 0.376 e. The molecule has 0 N–H and O–H groups in total. The van der Waals surface area contributed by atoms with Crippen LogP contribution in [0.15, 0.2) is 9.68 Å². The number of hydrogen-bond donors (Lipinski definition) is 0. The van der Waals surface area contributed by atoms with Crippen LogP contribution in [0.4, 0.5) is 0 Å². The fraction of sp³-hybridized carbons (Fsp3) is 0.769. The summed E-state index contributed by atoms with van der Waals surface area (Å²) in [5.41, 5.74) is 0. The van der Waals surface area contributed by atoms with Crippen molar-refractivity contribution in [1.29, 1.82) is 0 Å². The maximum Gasteiger partial charge on any atom is 0.239 e. The van der Waals surface area contributed by atoms with E-state index in [-0.39, 0.29) is 11.4 Å². The minimum Gasteiger partial charge on any atom is -0.376 e. The summed E-state index contributed by atoms with van der Waals surface area (Å²) >= 11 is 1.52. The predicted octanol–water partition coefficient (Wildman–Crippen LogP) is 2.04. The van der Waals surface area contributed by atoms with Gasteiger partial charge in [0.1, 0.15) is 0 Å².